The predicted octanol–water partition coefficient (Wildman–Crippen LogP) is 2.89. The number of benzene rings is 1. The Labute approximate surface area is 103 Å². The fourth-order valence-electron chi connectivity index (χ4n) is 2.36. The van der Waals surface area contributed by atoms with Crippen LogP contribution in [0.25, 0.3) is 0 Å². The number of Topliss-reactive ketones (excluding diaryl/α,β-unsaturated/α-hetero) is 1. The minimum atomic E-state index is -4.48. The molecule has 0 amide bonds. The van der Waals surface area contributed by atoms with Crippen molar-refractivity contribution in [3.8, 4) is 0 Å². The molecule has 1 N–H and O–H groups in total. The first kappa shape index (κ1) is 13.1. The Balaban J connectivity index is 2.36. The van der Waals surface area contributed by atoms with E-state index in [1.165, 1.54) is 18.2 Å². The lowest BCUT2D eigenvalue weighted by Crippen LogP contribution is -2.29. The number of rotatable bonds is 2. The highest BCUT2D eigenvalue weighted by Crippen LogP contribution is 2.34. The van der Waals surface area contributed by atoms with Gasteiger partial charge in [0.15, 0.2) is 5.78 Å². The second kappa shape index (κ2) is 4.72. The van der Waals surface area contributed by atoms with Crippen molar-refractivity contribution in [3.05, 3.63) is 35.4 Å². The van der Waals surface area contributed by atoms with E-state index in [1.807, 2.05) is 6.92 Å². The lowest BCUT2D eigenvalue weighted by Gasteiger charge is -2.17. The fourth-order valence-corrected chi connectivity index (χ4v) is 2.36. The number of halogens is 3. The van der Waals surface area contributed by atoms with Crippen molar-refractivity contribution < 1.29 is 18.0 Å². The number of ketones is 1. The van der Waals surface area contributed by atoms with Crippen LogP contribution in [0.5, 0.6) is 0 Å². The van der Waals surface area contributed by atoms with Crippen LogP contribution in [0.2, 0.25) is 0 Å². The van der Waals surface area contributed by atoms with Gasteiger partial charge >= 0.3 is 6.18 Å². The molecule has 1 saturated heterocycles. The zero-order valence-electron chi connectivity index (χ0n) is 9.92. The lowest BCUT2D eigenvalue weighted by atomic mass is 9.89. The maximum atomic E-state index is 12.8. The maximum Gasteiger partial charge on any atom is 0.417 e. The molecule has 0 radical (unpaired) electrons. The van der Waals surface area contributed by atoms with Gasteiger partial charge in [0.05, 0.1) is 5.56 Å². The first-order chi connectivity index (χ1) is 8.41. The average Bonchev–Trinajstić information content (AvgIpc) is 2.73. The molecular formula is C13H14F3NO. The van der Waals surface area contributed by atoms with Crippen LogP contribution in [0.15, 0.2) is 24.3 Å². The first-order valence-corrected chi connectivity index (χ1v) is 5.85. The molecule has 2 atom stereocenters. The van der Waals surface area contributed by atoms with Gasteiger partial charge in [0.25, 0.3) is 0 Å². The van der Waals surface area contributed by atoms with Crippen molar-refractivity contribution in [2.75, 3.05) is 6.54 Å². The molecule has 2 nitrogen and oxygen atoms in total. The minimum Gasteiger partial charge on any atom is -0.313 e. The van der Waals surface area contributed by atoms with Crippen LogP contribution in [-0.4, -0.2) is 18.4 Å². The van der Waals surface area contributed by atoms with E-state index in [9.17, 15) is 18.0 Å². The molecule has 0 spiro atoms. The molecule has 1 aromatic rings. The smallest absolute Gasteiger partial charge is 0.313 e. The van der Waals surface area contributed by atoms with E-state index in [2.05, 4.69) is 5.32 Å². The molecule has 5 heteroatoms. The summed E-state index contributed by atoms with van der Waals surface area (Å²) in [6.45, 7) is 2.50. The number of nitrogens with one attached hydrogen (secondary N) is 1. The Hall–Kier alpha value is -1.36. The Morgan fingerprint density at radius 3 is 2.56 bits per heavy atom. The summed E-state index contributed by atoms with van der Waals surface area (Å²) in [6, 6.07) is 4.92. The van der Waals surface area contributed by atoms with Crippen molar-refractivity contribution in [2.24, 2.45) is 5.92 Å². The average molecular weight is 257 g/mol. The van der Waals surface area contributed by atoms with E-state index >= 15 is 0 Å². The number of carbonyl (C=O) groups excluding carboxylic acids is 1. The van der Waals surface area contributed by atoms with Crippen LogP contribution >= 0.6 is 0 Å². The Kier molecular flexibility index (Phi) is 3.43. The minimum absolute atomic E-state index is 0.0706. The van der Waals surface area contributed by atoms with Crippen molar-refractivity contribution in [1.29, 1.82) is 0 Å². The molecule has 2 unspecified atom stereocenters. The Morgan fingerprint density at radius 2 is 2.00 bits per heavy atom. The SMILES string of the molecule is CC1NCCC1C(=O)c1ccccc1C(F)(F)F. The van der Waals surface area contributed by atoms with Gasteiger partial charge in [-0.1, -0.05) is 18.2 Å². The molecule has 18 heavy (non-hydrogen) atoms. The molecule has 1 aromatic carbocycles. The number of hydrogen-bond donors (Lipinski definition) is 1. The number of hydrogen-bond acceptors (Lipinski definition) is 2. The lowest BCUT2D eigenvalue weighted by molar-refractivity contribution is -0.137. The highest BCUT2D eigenvalue weighted by Gasteiger charge is 2.38. The van der Waals surface area contributed by atoms with Crippen molar-refractivity contribution in [2.45, 2.75) is 25.6 Å². The van der Waals surface area contributed by atoms with Gasteiger partial charge in [-0.25, -0.2) is 0 Å². The zero-order chi connectivity index (χ0) is 13.3. The van der Waals surface area contributed by atoms with Gasteiger partial charge in [0, 0.05) is 17.5 Å². The summed E-state index contributed by atoms with van der Waals surface area (Å²) in [5.41, 5.74) is -1.06. The predicted molar refractivity (Wildman–Crippen MR) is 61.3 cm³/mol. The molecule has 1 heterocycles. The van der Waals surface area contributed by atoms with E-state index in [4.69, 9.17) is 0 Å². The monoisotopic (exact) mass is 257 g/mol. The molecular weight excluding hydrogens is 243 g/mol. The van der Waals surface area contributed by atoms with Crippen LogP contribution in [0, 0.1) is 5.92 Å². The zero-order valence-corrected chi connectivity index (χ0v) is 9.92. The van der Waals surface area contributed by atoms with E-state index in [1.54, 1.807) is 0 Å². The molecule has 0 saturated carbocycles. The van der Waals surface area contributed by atoms with Gasteiger partial charge in [-0.05, 0) is 26.0 Å². The van der Waals surface area contributed by atoms with Crippen molar-refractivity contribution >= 4 is 5.78 Å². The second-order valence-electron chi connectivity index (χ2n) is 4.55. The molecule has 98 valence electrons. The quantitative estimate of drug-likeness (QED) is 0.825. The summed E-state index contributed by atoms with van der Waals surface area (Å²) in [7, 11) is 0. The standard InChI is InChI=1S/C13H14F3NO/c1-8-9(6-7-17-8)12(18)10-4-2-3-5-11(10)13(14,15)16/h2-5,8-9,17H,6-7H2,1H3. The van der Waals surface area contributed by atoms with Crippen molar-refractivity contribution in [1.82, 2.24) is 5.32 Å². The third-order valence-corrected chi connectivity index (χ3v) is 3.36. The van der Waals surface area contributed by atoms with Crippen LogP contribution in [0.4, 0.5) is 13.2 Å². The van der Waals surface area contributed by atoms with Crippen LogP contribution < -0.4 is 5.32 Å². The molecule has 1 aliphatic heterocycles. The second-order valence-corrected chi connectivity index (χ2v) is 4.55. The van der Waals surface area contributed by atoms with Gasteiger partial charge in [-0.3, -0.25) is 4.79 Å². The van der Waals surface area contributed by atoms with Crippen LogP contribution in [0.1, 0.15) is 29.3 Å². The number of carbonyl (C=O) groups is 1. The summed E-state index contributed by atoms with van der Waals surface area (Å²) in [6.07, 6.45) is -3.90. The summed E-state index contributed by atoms with van der Waals surface area (Å²) in [4.78, 5) is 12.2. The molecule has 1 aliphatic rings. The van der Waals surface area contributed by atoms with Gasteiger partial charge < -0.3 is 5.32 Å². The van der Waals surface area contributed by atoms with Crippen LogP contribution in [-0.2, 0) is 6.18 Å². The molecule has 0 aromatic heterocycles. The Bertz CT molecular complexity index is 456. The first-order valence-electron chi connectivity index (χ1n) is 5.85. The normalized spacial score (nSPS) is 24.2. The summed E-state index contributed by atoms with van der Waals surface area (Å²) in [5.74, 6) is -0.783. The highest BCUT2D eigenvalue weighted by molar-refractivity contribution is 6.00. The van der Waals surface area contributed by atoms with Crippen LogP contribution in [0.3, 0.4) is 0 Å². The molecule has 0 bridgehead atoms. The third-order valence-electron chi connectivity index (χ3n) is 3.36. The molecule has 1 fully saturated rings. The third kappa shape index (κ3) is 2.41. The highest BCUT2D eigenvalue weighted by atomic mass is 19.4. The largest absolute Gasteiger partial charge is 0.417 e. The van der Waals surface area contributed by atoms with E-state index in [0.29, 0.717) is 13.0 Å². The summed E-state index contributed by atoms with van der Waals surface area (Å²) in [5, 5.41) is 3.08. The maximum absolute atomic E-state index is 12.8. The number of alkyl halides is 3. The van der Waals surface area contributed by atoms with E-state index in [-0.39, 0.29) is 17.5 Å². The summed E-state index contributed by atoms with van der Waals surface area (Å²) < 4.78 is 38.5. The Morgan fingerprint density at radius 1 is 1.33 bits per heavy atom. The van der Waals surface area contributed by atoms with Crippen molar-refractivity contribution in [3.63, 3.8) is 0 Å². The van der Waals surface area contributed by atoms with E-state index < -0.39 is 17.5 Å². The molecule has 0 aliphatic carbocycles. The van der Waals surface area contributed by atoms with Gasteiger partial charge in [-0.2, -0.15) is 13.2 Å². The summed E-state index contributed by atoms with van der Waals surface area (Å²) >= 11 is 0. The topological polar surface area (TPSA) is 29.1 Å². The van der Waals surface area contributed by atoms with Gasteiger partial charge in [0.1, 0.15) is 0 Å². The van der Waals surface area contributed by atoms with Gasteiger partial charge in [-0.15, -0.1) is 0 Å². The molecule has 2 rings (SSSR count). The van der Waals surface area contributed by atoms with E-state index in [0.717, 1.165) is 6.07 Å². The van der Waals surface area contributed by atoms with Gasteiger partial charge in [0.2, 0.25) is 0 Å². The fraction of sp³-hybridized carbons (Fsp3) is 0.462.